The summed E-state index contributed by atoms with van der Waals surface area (Å²) in [6, 6.07) is 49.7. The molecule has 0 bridgehead atoms. The molecule has 0 aliphatic heterocycles. The second kappa shape index (κ2) is 11.6. The molecular formula is C39H28N4. The van der Waals surface area contributed by atoms with Gasteiger partial charge in [0.15, 0.2) is 17.5 Å². The molecule has 0 unspecified atom stereocenters. The Labute approximate surface area is 251 Å². The Balaban J connectivity index is 1.40. The van der Waals surface area contributed by atoms with Crippen molar-refractivity contribution in [2.45, 2.75) is 6.92 Å². The molecule has 0 radical (unpaired) electrons. The van der Waals surface area contributed by atoms with Crippen LogP contribution in [-0.4, -0.2) is 19.9 Å². The van der Waals surface area contributed by atoms with Crippen molar-refractivity contribution in [2.24, 2.45) is 0 Å². The molecule has 43 heavy (non-hydrogen) atoms. The highest BCUT2D eigenvalue weighted by atomic mass is 15.0. The van der Waals surface area contributed by atoms with Gasteiger partial charge in [-0.05, 0) is 47.9 Å². The molecule has 204 valence electrons. The molecule has 4 heteroatoms. The zero-order chi connectivity index (χ0) is 29.0. The maximum atomic E-state index is 5.00. The van der Waals surface area contributed by atoms with Gasteiger partial charge in [0.2, 0.25) is 0 Å². The van der Waals surface area contributed by atoms with Crippen LogP contribution < -0.4 is 0 Å². The van der Waals surface area contributed by atoms with Crippen molar-refractivity contribution in [1.82, 2.24) is 19.9 Å². The molecule has 0 aliphatic carbocycles. The smallest absolute Gasteiger partial charge is 0.164 e. The lowest BCUT2D eigenvalue weighted by Crippen LogP contribution is -2.00. The molecule has 0 aliphatic rings. The van der Waals surface area contributed by atoms with Gasteiger partial charge < -0.3 is 0 Å². The van der Waals surface area contributed by atoms with Gasteiger partial charge in [0, 0.05) is 34.0 Å². The summed E-state index contributed by atoms with van der Waals surface area (Å²) in [6.45, 7) is 2.10. The van der Waals surface area contributed by atoms with Crippen molar-refractivity contribution < 1.29 is 0 Å². The Hall–Kier alpha value is -5.74. The molecule has 0 saturated heterocycles. The number of benzene rings is 5. The third kappa shape index (κ3) is 5.72. The van der Waals surface area contributed by atoms with Crippen molar-refractivity contribution in [3.8, 4) is 67.7 Å². The maximum absolute atomic E-state index is 5.00. The van der Waals surface area contributed by atoms with Gasteiger partial charge in [0.25, 0.3) is 0 Å². The molecule has 0 spiro atoms. The standard InChI is InChI=1S/C39H28N4/c1-27-17-19-28(20-18-27)33-23-34(32-21-22-36(40-26-32)29-11-5-2-6-12-29)25-35(24-33)39-42-37(30-13-7-3-8-14-30)41-38(43-39)31-15-9-4-10-16-31/h2-26H,1H3. The fourth-order valence-corrected chi connectivity index (χ4v) is 5.12. The monoisotopic (exact) mass is 552 g/mol. The van der Waals surface area contributed by atoms with E-state index in [1.807, 2.05) is 85.1 Å². The Morgan fingerprint density at radius 1 is 0.349 bits per heavy atom. The van der Waals surface area contributed by atoms with E-state index >= 15 is 0 Å². The van der Waals surface area contributed by atoms with Gasteiger partial charge in [0.1, 0.15) is 0 Å². The summed E-state index contributed by atoms with van der Waals surface area (Å²) in [5, 5.41) is 0. The van der Waals surface area contributed by atoms with Crippen molar-refractivity contribution >= 4 is 0 Å². The molecule has 7 aromatic rings. The summed E-state index contributed by atoms with van der Waals surface area (Å²) < 4.78 is 0. The SMILES string of the molecule is Cc1ccc(-c2cc(-c3ccc(-c4ccccc4)nc3)cc(-c3nc(-c4ccccc4)nc(-c4ccccc4)n3)c2)cc1. The maximum Gasteiger partial charge on any atom is 0.164 e. The van der Waals surface area contributed by atoms with Crippen LogP contribution in [0.4, 0.5) is 0 Å². The highest BCUT2D eigenvalue weighted by molar-refractivity contribution is 5.80. The topological polar surface area (TPSA) is 51.6 Å². The van der Waals surface area contributed by atoms with E-state index < -0.39 is 0 Å². The fraction of sp³-hybridized carbons (Fsp3) is 0.0256. The molecule has 0 fully saturated rings. The van der Waals surface area contributed by atoms with Gasteiger partial charge in [-0.3, -0.25) is 4.98 Å². The molecule has 0 saturated carbocycles. The third-order valence-electron chi connectivity index (χ3n) is 7.44. The number of aryl methyl sites for hydroxylation is 1. The second-order valence-electron chi connectivity index (χ2n) is 10.5. The van der Waals surface area contributed by atoms with Crippen LogP contribution in [0.15, 0.2) is 152 Å². The quantitative estimate of drug-likeness (QED) is 0.206. The molecule has 7 rings (SSSR count). The largest absolute Gasteiger partial charge is 0.256 e. The summed E-state index contributed by atoms with van der Waals surface area (Å²) in [5.74, 6) is 1.90. The van der Waals surface area contributed by atoms with E-state index in [1.165, 1.54) is 5.56 Å². The van der Waals surface area contributed by atoms with Crippen LogP contribution in [0, 0.1) is 6.92 Å². The lowest BCUT2D eigenvalue weighted by Gasteiger charge is -2.13. The summed E-state index contributed by atoms with van der Waals surface area (Å²) in [4.78, 5) is 19.7. The van der Waals surface area contributed by atoms with Gasteiger partial charge in [-0.25, -0.2) is 15.0 Å². The molecule has 5 aromatic carbocycles. The number of nitrogens with zero attached hydrogens (tertiary/aromatic N) is 4. The molecule has 0 N–H and O–H groups in total. The summed E-state index contributed by atoms with van der Waals surface area (Å²) in [7, 11) is 0. The van der Waals surface area contributed by atoms with Gasteiger partial charge in [-0.15, -0.1) is 0 Å². The van der Waals surface area contributed by atoms with Crippen molar-refractivity contribution in [1.29, 1.82) is 0 Å². The van der Waals surface area contributed by atoms with E-state index in [1.54, 1.807) is 0 Å². The second-order valence-corrected chi connectivity index (χ2v) is 10.5. The van der Waals surface area contributed by atoms with Crippen LogP contribution in [0.25, 0.3) is 67.7 Å². The lowest BCUT2D eigenvalue weighted by atomic mass is 9.95. The van der Waals surface area contributed by atoms with Gasteiger partial charge >= 0.3 is 0 Å². The Kier molecular flexibility index (Phi) is 7.08. The first-order chi connectivity index (χ1) is 21.2. The first-order valence-corrected chi connectivity index (χ1v) is 14.3. The average Bonchev–Trinajstić information content (AvgIpc) is 3.09. The Bertz CT molecular complexity index is 1930. The number of aromatic nitrogens is 4. The Morgan fingerprint density at radius 3 is 1.30 bits per heavy atom. The highest BCUT2D eigenvalue weighted by Gasteiger charge is 2.15. The first-order valence-electron chi connectivity index (χ1n) is 14.3. The summed E-state index contributed by atoms with van der Waals surface area (Å²) in [5.41, 5.74) is 10.3. The van der Waals surface area contributed by atoms with Crippen LogP contribution in [0.1, 0.15) is 5.56 Å². The summed E-state index contributed by atoms with van der Waals surface area (Å²) >= 11 is 0. The zero-order valence-corrected chi connectivity index (χ0v) is 23.7. The number of hydrogen-bond acceptors (Lipinski definition) is 4. The fourth-order valence-electron chi connectivity index (χ4n) is 5.12. The third-order valence-corrected chi connectivity index (χ3v) is 7.44. The van der Waals surface area contributed by atoms with Gasteiger partial charge in [-0.1, -0.05) is 127 Å². The molecule has 0 amide bonds. The Morgan fingerprint density at radius 2 is 0.791 bits per heavy atom. The van der Waals surface area contributed by atoms with Gasteiger partial charge in [0.05, 0.1) is 5.69 Å². The van der Waals surface area contributed by atoms with Crippen LogP contribution >= 0.6 is 0 Å². The van der Waals surface area contributed by atoms with Gasteiger partial charge in [-0.2, -0.15) is 0 Å². The van der Waals surface area contributed by atoms with Crippen LogP contribution in [0.2, 0.25) is 0 Å². The van der Waals surface area contributed by atoms with E-state index in [0.29, 0.717) is 17.5 Å². The molecule has 4 nitrogen and oxygen atoms in total. The normalized spacial score (nSPS) is 10.9. The van der Waals surface area contributed by atoms with Crippen LogP contribution in [-0.2, 0) is 0 Å². The van der Waals surface area contributed by atoms with Crippen molar-refractivity contribution in [2.75, 3.05) is 0 Å². The van der Waals surface area contributed by atoms with Crippen molar-refractivity contribution in [3.05, 3.63) is 157 Å². The molecule has 2 aromatic heterocycles. The van der Waals surface area contributed by atoms with E-state index in [-0.39, 0.29) is 0 Å². The van der Waals surface area contributed by atoms with Crippen LogP contribution in [0.3, 0.4) is 0 Å². The number of hydrogen-bond donors (Lipinski definition) is 0. The minimum atomic E-state index is 0.622. The van der Waals surface area contributed by atoms with E-state index in [9.17, 15) is 0 Å². The van der Waals surface area contributed by atoms with Crippen molar-refractivity contribution in [3.63, 3.8) is 0 Å². The van der Waals surface area contributed by atoms with E-state index in [4.69, 9.17) is 19.9 Å². The highest BCUT2D eigenvalue weighted by Crippen LogP contribution is 2.34. The van der Waals surface area contributed by atoms with Crippen LogP contribution in [0.5, 0.6) is 0 Å². The molecule has 0 atom stereocenters. The molecular weight excluding hydrogens is 524 g/mol. The minimum absolute atomic E-state index is 0.622. The molecule has 2 heterocycles. The predicted molar refractivity (Wildman–Crippen MR) is 175 cm³/mol. The predicted octanol–water partition coefficient (Wildman–Crippen LogP) is 9.58. The lowest BCUT2D eigenvalue weighted by molar-refractivity contribution is 1.07. The zero-order valence-electron chi connectivity index (χ0n) is 23.7. The number of pyridine rings is 1. The minimum Gasteiger partial charge on any atom is -0.256 e. The number of rotatable bonds is 6. The first kappa shape index (κ1) is 26.2. The van der Waals surface area contributed by atoms with E-state index in [2.05, 4.69) is 73.7 Å². The van der Waals surface area contributed by atoms with E-state index in [0.717, 1.165) is 50.2 Å². The summed E-state index contributed by atoms with van der Waals surface area (Å²) in [6.07, 6.45) is 1.94. The average molecular weight is 553 g/mol.